The summed E-state index contributed by atoms with van der Waals surface area (Å²) in [5.74, 6) is -0.685. The summed E-state index contributed by atoms with van der Waals surface area (Å²) in [6.07, 6.45) is 1.97. The fourth-order valence-electron chi connectivity index (χ4n) is 1.30. The normalized spacial score (nSPS) is 9.83. The zero-order valence-electron chi connectivity index (χ0n) is 10.3. The first-order valence-corrected chi connectivity index (χ1v) is 5.86. The van der Waals surface area contributed by atoms with Crippen LogP contribution in [0.5, 0.6) is 5.75 Å². The molecule has 0 aliphatic heterocycles. The number of aromatic carboxylic acids is 1. The average Bonchev–Trinajstić information content (AvgIpc) is 2.37. The molecular weight excluding hydrogens is 234 g/mol. The fourth-order valence-corrected chi connectivity index (χ4v) is 1.30. The van der Waals surface area contributed by atoms with Crippen LogP contribution in [-0.2, 0) is 4.79 Å². The van der Waals surface area contributed by atoms with Crippen LogP contribution in [0.1, 0.15) is 30.1 Å². The number of rotatable bonds is 7. The molecule has 18 heavy (non-hydrogen) atoms. The van der Waals surface area contributed by atoms with Crippen molar-refractivity contribution < 1.29 is 19.4 Å². The molecule has 0 saturated heterocycles. The Kier molecular flexibility index (Phi) is 5.70. The molecule has 0 heterocycles. The summed E-state index contributed by atoms with van der Waals surface area (Å²) >= 11 is 0. The molecule has 0 bridgehead atoms. The lowest BCUT2D eigenvalue weighted by Crippen LogP contribution is -2.29. The van der Waals surface area contributed by atoms with Crippen molar-refractivity contribution >= 4 is 11.9 Å². The lowest BCUT2D eigenvalue weighted by atomic mass is 10.2. The molecule has 0 saturated carbocycles. The Morgan fingerprint density at radius 1 is 1.28 bits per heavy atom. The number of unbranched alkanes of at least 4 members (excludes halogenated alkanes) is 1. The Hall–Kier alpha value is -2.04. The molecule has 0 aliphatic carbocycles. The monoisotopic (exact) mass is 251 g/mol. The number of hydrogen-bond acceptors (Lipinski definition) is 3. The summed E-state index contributed by atoms with van der Waals surface area (Å²) in [6.45, 7) is 2.64. The minimum absolute atomic E-state index is 0.0594. The van der Waals surface area contributed by atoms with Crippen molar-refractivity contribution in [1.29, 1.82) is 0 Å². The van der Waals surface area contributed by atoms with E-state index in [0.29, 0.717) is 12.3 Å². The maximum Gasteiger partial charge on any atom is 0.335 e. The van der Waals surface area contributed by atoms with Gasteiger partial charge in [-0.05, 0) is 30.7 Å². The van der Waals surface area contributed by atoms with Crippen LogP contribution in [0.2, 0.25) is 0 Å². The highest BCUT2D eigenvalue weighted by atomic mass is 16.5. The average molecular weight is 251 g/mol. The number of ether oxygens (including phenoxy) is 1. The molecule has 1 rings (SSSR count). The highest BCUT2D eigenvalue weighted by Crippen LogP contribution is 2.11. The molecule has 0 aliphatic rings. The number of carbonyl (C=O) groups excluding carboxylic acids is 1. The third kappa shape index (κ3) is 4.86. The van der Waals surface area contributed by atoms with Gasteiger partial charge in [-0.2, -0.15) is 0 Å². The van der Waals surface area contributed by atoms with E-state index in [2.05, 4.69) is 5.32 Å². The lowest BCUT2D eigenvalue weighted by molar-refractivity contribution is -0.123. The van der Waals surface area contributed by atoms with Crippen LogP contribution in [0.3, 0.4) is 0 Å². The summed E-state index contributed by atoms with van der Waals surface area (Å²) in [5, 5.41) is 11.4. The van der Waals surface area contributed by atoms with E-state index in [-0.39, 0.29) is 18.1 Å². The summed E-state index contributed by atoms with van der Waals surface area (Å²) in [7, 11) is 0. The zero-order chi connectivity index (χ0) is 13.4. The van der Waals surface area contributed by atoms with Crippen molar-refractivity contribution in [1.82, 2.24) is 5.32 Å². The highest BCUT2D eigenvalue weighted by Gasteiger charge is 2.04. The first-order valence-electron chi connectivity index (χ1n) is 5.86. The van der Waals surface area contributed by atoms with E-state index in [4.69, 9.17) is 9.84 Å². The Labute approximate surface area is 106 Å². The molecule has 1 aromatic carbocycles. The third-order valence-electron chi connectivity index (χ3n) is 2.32. The Balaban J connectivity index is 2.34. The first-order chi connectivity index (χ1) is 8.63. The maximum atomic E-state index is 11.3. The molecule has 0 unspecified atom stereocenters. The van der Waals surface area contributed by atoms with Crippen molar-refractivity contribution in [2.75, 3.05) is 13.2 Å². The summed E-state index contributed by atoms with van der Waals surface area (Å²) in [6, 6.07) is 5.94. The second-order valence-corrected chi connectivity index (χ2v) is 3.82. The third-order valence-corrected chi connectivity index (χ3v) is 2.32. The molecule has 2 N–H and O–H groups in total. The molecule has 0 fully saturated rings. The molecular formula is C13H17NO4. The minimum atomic E-state index is -0.987. The first kappa shape index (κ1) is 14.0. The number of nitrogens with one attached hydrogen (secondary N) is 1. The van der Waals surface area contributed by atoms with E-state index >= 15 is 0 Å². The Morgan fingerprint density at radius 3 is 2.50 bits per heavy atom. The van der Waals surface area contributed by atoms with Crippen molar-refractivity contribution in [3.63, 3.8) is 0 Å². The molecule has 0 aromatic heterocycles. The number of hydrogen-bond donors (Lipinski definition) is 2. The minimum Gasteiger partial charge on any atom is -0.484 e. The SMILES string of the molecule is CCCCNC(=O)COc1ccc(C(=O)O)cc1. The maximum absolute atomic E-state index is 11.3. The van der Waals surface area contributed by atoms with E-state index < -0.39 is 5.97 Å². The predicted molar refractivity (Wildman–Crippen MR) is 66.8 cm³/mol. The van der Waals surface area contributed by atoms with E-state index in [1.54, 1.807) is 0 Å². The van der Waals surface area contributed by atoms with Crippen LogP contribution >= 0.6 is 0 Å². The van der Waals surface area contributed by atoms with Gasteiger partial charge in [0.15, 0.2) is 6.61 Å². The van der Waals surface area contributed by atoms with Crippen LogP contribution in [0.4, 0.5) is 0 Å². The van der Waals surface area contributed by atoms with Crippen molar-refractivity contribution in [3.05, 3.63) is 29.8 Å². The van der Waals surface area contributed by atoms with Gasteiger partial charge in [0.2, 0.25) is 0 Å². The second kappa shape index (κ2) is 7.32. The largest absolute Gasteiger partial charge is 0.484 e. The van der Waals surface area contributed by atoms with Gasteiger partial charge in [-0.15, -0.1) is 0 Å². The molecule has 0 spiro atoms. The fraction of sp³-hybridized carbons (Fsp3) is 0.385. The highest BCUT2D eigenvalue weighted by molar-refractivity contribution is 5.87. The molecule has 98 valence electrons. The summed E-state index contributed by atoms with van der Waals surface area (Å²) < 4.78 is 5.23. The van der Waals surface area contributed by atoms with Gasteiger partial charge < -0.3 is 15.2 Å². The van der Waals surface area contributed by atoms with Gasteiger partial charge in [0.1, 0.15) is 5.75 Å². The number of amides is 1. The van der Waals surface area contributed by atoms with Crippen LogP contribution in [0.25, 0.3) is 0 Å². The molecule has 0 radical (unpaired) electrons. The predicted octanol–water partition coefficient (Wildman–Crippen LogP) is 1.68. The van der Waals surface area contributed by atoms with Crippen LogP contribution in [-0.4, -0.2) is 30.1 Å². The zero-order valence-corrected chi connectivity index (χ0v) is 10.3. The van der Waals surface area contributed by atoms with Gasteiger partial charge in [0, 0.05) is 6.54 Å². The number of benzene rings is 1. The Bertz CT molecular complexity index is 400. The molecule has 1 aromatic rings. The van der Waals surface area contributed by atoms with E-state index in [0.717, 1.165) is 12.8 Å². The molecule has 0 atom stereocenters. The van der Waals surface area contributed by atoms with Crippen LogP contribution in [0.15, 0.2) is 24.3 Å². The number of carboxylic acid groups (broad SMARTS) is 1. The lowest BCUT2D eigenvalue weighted by Gasteiger charge is -2.07. The van der Waals surface area contributed by atoms with Crippen molar-refractivity contribution in [2.24, 2.45) is 0 Å². The molecule has 5 heteroatoms. The number of carbonyl (C=O) groups is 2. The molecule has 1 amide bonds. The van der Waals surface area contributed by atoms with Gasteiger partial charge >= 0.3 is 5.97 Å². The number of carboxylic acids is 1. The van der Waals surface area contributed by atoms with E-state index in [1.165, 1.54) is 24.3 Å². The van der Waals surface area contributed by atoms with Crippen molar-refractivity contribution in [2.45, 2.75) is 19.8 Å². The second-order valence-electron chi connectivity index (χ2n) is 3.82. The molecule has 5 nitrogen and oxygen atoms in total. The van der Waals surface area contributed by atoms with Gasteiger partial charge in [-0.25, -0.2) is 4.79 Å². The van der Waals surface area contributed by atoms with Crippen LogP contribution in [0, 0.1) is 0 Å². The topological polar surface area (TPSA) is 75.6 Å². The Morgan fingerprint density at radius 2 is 1.94 bits per heavy atom. The van der Waals surface area contributed by atoms with Gasteiger partial charge in [0.25, 0.3) is 5.91 Å². The summed E-state index contributed by atoms with van der Waals surface area (Å²) in [5.41, 5.74) is 0.190. The van der Waals surface area contributed by atoms with Gasteiger partial charge in [-0.1, -0.05) is 13.3 Å². The van der Waals surface area contributed by atoms with Gasteiger partial charge in [0.05, 0.1) is 5.56 Å². The van der Waals surface area contributed by atoms with Crippen molar-refractivity contribution in [3.8, 4) is 5.75 Å². The van der Waals surface area contributed by atoms with E-state index in [1.807, 2.05) is 6.92 Å². The standard InChI is InChI=1S/C13H17NO4/c1-2-3-8-14-12(15)9-18-11-6-4-10(5-7-11)13(16)17/h4-7H,2-3,8-9H2,1H3,(H,14,15)(H,16,17). The van der Waals surface area contributed by atoms with Crippen LogP contribution < -0.4 is 10.1 Å². The van der Waals surface area contributed by atoms with E-state index in [9.17, 15) is 9.59 Å². The quantitative estimate of drug-likeness (QED) is 0.723. The smallest absolute Gasteiger partial charge is 0.335 e. The summed E-state index contributed by atoms with van der Waals surface area (Å²) in [4.78, 5) is 22.0. The van der Waals surface area contributed by atoms with Gasteiger partial charge in [-0.3, -0.25) is 4.79 Å².